The van der Waals surface area contributed by atoms with E-state index in [1.54, 1.807) is 6.07 Å². The first-order chi connectivity index (χ1) is 10.2. The van der Waals surface area contributed by atoms with Crippen molar-refractivity contribution in [2.75, 3.05) is 18.4 Å². The van der Waals surface area contributed by atoms with Crippen molar-refractivity contribution in [1.82, 2.24) is 10.3 Å². The third-order valence-corrected chi connectivity index (χ3v) is 3.92. The molecule has 1 unspecified atom stereocenters. The molecule has 21 heavy (non-hydrogen) atoms. The summed E-state index contributed by atoms with van der Waals surface area (Å²) in [6.45, 7) is 1.81. The van der Waals surface area contributed by atoms with Crippen LogP contribution in [0, 0.1) is 0 Å². The number of carbonyl (C=O) groups is 1. The van der Waals surface area contributed by atoms with E-state index < -0.39 is 5.91 Å². The maximum Gasteiger partial charge on any atom is 0.252 e. The Morgan fingerprint density at radius 2 is 2.24 bits per heavy atom. The van der Waals surface area contributed by atoms with Gasteiger partial charge in [-0.25, -0.2) is 4.98 Å². The summed E-state index contributed by atoms with van der Waals surface area (Å²) in [5.74, 6) is 0.126. The van der Waals surface area contributed by atoms with Crippen LogP contribution in [-0.2, 0) is 0 Å². The molecule has 0 aliphatic carbocycles. The van der Waals surface area contributed by atoms with Crippen molar-refractivity contribution in [1.29, 1.82) is 0 Å². The molecule has 1 amide bonds. The molecule has 5 heteroatoms. The standard InChI is InChI=1S/C16H20N4O/c17-15(21)13-9-11-5-1-2-7-14(11)20-16(13)19-10-12-6-3-4-8-18-12/h1-2,5,7,9,12,18H,3-4,6,8,10H2,(H2,17,21)(H,19,20). The molecule has 2 aromatic rings. The van der Waals surface area contributed by atoms with Crippen LogP contribution < -0.4 is 16.4 Å². The van der Waals surface area contributed by atoms with E-state index in [2.05, 4.69) is 15.6 Å². The molecule has 1 aliphatic rings. The number of carbonyl (C=O) groups excluding carboxylic acids is 1. The van der Waals surface area contributed by atoms with Gasteiger partial charge in [-0.15, -0.1) is 0 Å². The van der Waals surface area contributed by atoms with Crippen molar-refractivity contribution >= 4 is 22.6 Å². The zero-order valence-electron chi connectivity index (χ0n) is 11.9. The van der Waals surface area contributed by atoms with E-state index in [1.807, 2.05) is 24.3 Å². The second-order valence-electron chi connectivity index (χ2n) is 5.47. The summed E-state index contributed by atoms with van der Waals surface area (Å²) >= 11 is 0. The first-order valence-corrected chi connectivity index (χ1v) is 7.41. The molecule has 110 valence electrons. The van der Waals surface area contributed by atoms with Gasteiger partial charge in [0.25, 0.3) is 5.91 Å². The number of amides is 1. The van der Waals surface area contributed by atoms with E-state index in [-0.39, 0.29) is 0 Å². The van der Waals surface area contributed by atoms with E-state index >= 15 is 0 Å². The molecule has 0 bridgehead atoms. The fourth-order valence-electron chi connectivity index (χ4n) is 2.76. The molecule has 3 rings (SSSR count). The second-order valence-corrected chi connectivity index (χ2v) is 5.47. The molecule has 1 aliphatic heterocycles. The molecule has 0 saturated carbocycles. The minimum Gasteiger partial charge on any atom is -0.368 e. The number of pyridine rings is 1. The highest BCUT2D eigenvalue weighted by Gasteiger charge is 2.15. The van der Waals surface area contributed by atoms with Crippen LogP contribution in [-0.4, -0.2) is 30.0 Å². The summed E-state index contributed by atoms with van der Waals surface area (Å²) in [7, 11) is 0. The topological polar surface area (TPSA) is 80.0 Å². The number of piperidine rings is 1. The number of benzene rings is 1. The predicted molar refractivity (Wildman–Crippen MR) is 84.4 cm³/mol. The number of anilines is 1. The highest BCUT2D eigenvalue weighted by Crippen LogP contribution is 2.20. The van der Waals surface area contributed by atoms with Gasteiger partial charge in [-0.3, -0.25) is 4.79 Å². The maximum absolute atomic E-state index is 11.6. The van der Waals surface area contributed by atoms with Crippen LogP contribution in [0.25, 0.3) is 10.9 Å². The normalized spacial score (nSPS) is 18.6. The number of aromatic nitrogens is 1. The van der Waals surface area contributed by atoms with Crippen molar-refractivity contribution in [3.8, 4) is 0 Å². The van der Waals surface area contributed by atoms with Crippen molar-refractivity contribution in [2.45, 2.75) is 25.3 Å². The molecule has 4 N–H and O–H groups in total. The Kier molecular flexibility index (Phi) is 4.01. The van der Waals surface area contributed by atoms with E-state index in [9.17, 15) is 4.79 Å². The molecule has 5 nitrogen and oxygen atoms in total. The third-order valence-electron chi connectivity index (χ3n) is 3.92. The van der Waals surface area contributed by atoms with Gasteiger partial charge in [0.2, 0.25) is 0 Å². The maximum atomic E-state index is 11.6. The number of fused-ring (bicyclic) bond motifs is 1. The largest absolute Gasteiger partial charge is 0.368 e. The van der Waals surface area contributed by atoms with Crippen molar-refractivity contribution in [2.24, 2.45) is 5.73 Å². The second kappa shape index (κ2) is 6.10. The molecule has 1 aromatic carbocycles. The molecule has 1 saturated heterocycles. The first-order valence-electron chi connectivity index (χ1n) is 7.41. The third kappa shape index (κ3) is 3.13. The smallest absolute Gasteiger partial charge is 0.252 e. The Morgan fingerprint density at radius 3 is 3.00 bits per heavy atom. The van der Waals surface area contributed by atoms with Gasteiger partial charge in [0.05, 0.1) is 11.1 Å². The molecule has 0 radical (unpaired) electrons. The fourth-order valence-corrected chi connectivity index (χ4v) is 2.76. The molecular weight excluding hydrogens is 264 g/mol. The van der Waals surface area contributed by atoms with Crippen LogP contribution >= 0.6 is 0 Å². The van der Waals surface area contributed by atoms with Gasteiger partial charge in [-0.1, -0.05) is 24.6 Å². The lowest BCUT2D eigenvalue weighted by Crippen LogP contribution is -2.39. The average molecular weight is 284 g/mol. The van der Waals surface area contributed by atoms with Crippen LogP contribution in [0.1, 0.15) is 29.6 Å². The SMILES string of the molecule is NC(=O)c1cc2ccccc2nc1NCC1CCCCN1. The Hall–Kier alpha value is -2.14. The lowest BCUT2D eigenvalue weighted by Gasteiger charge is -2.24. The van der Waals surface area contributed by atoms with Gasteiger partial charge in [0.1, 0.15) is 5.82 Å². The van der Waals surface area contributed by atoms with Crippen molar-refractivity contribution in [3.63, 3.8) is 0 Å². The molecule has 2 heterocycles. The van der Waals surface area contributed by atoms with Gasteiger partial charge in [0.15, 0.2) is 0 Å². The van der Waals surface area contributed by atoms with E-state index in [1.165, 1.54) is 12.8 Å². The molecule has 1 aromatic heterocycles. The monoisotopic (exact) mass is 284 g/mol. The number of primary amides is 1. The van der Waals surface area contributed by atoms with Crippen molar-refractivity contribution in [3.05, 3.63) is 35.9 Å². The summed E-state index contributed by atoms with van der Waals surface area (Å²) in [5.41, 5.74) is 6.79. The van der Waals surface area contributed by atoms with Gasteiger partial charge in [-0.05, 0) is 31.5 Å². The summed E-state index contributed by atoms with van der Waals surface area (Å²) in [4.78, 5) is 16.2. The Labute approximate surface area is 123 Å². The van der Waals surface area contributed by atoms with E-state index in [4.69, 9.17) is 5.73 Å². The van der Waals surface area contributed by atoms with Crippen LogP contribution in [0.3, 0.4) is 0 Å². The lowest BCUT2D eigenvalue weighted by molar-refractivity contribution is 0.100. The average Bonchev–Trinajstić information content (AvgIpc) is 2.53. The zero-order chi connectivity index (χ0) is 14.7. The fraction of sp³-hybridized carbons (Fsp3) is 0.375. The number of hydrogen-bond acceptors (Lipinski definition) is 4. The number of hydrogen-bond donors (Lipinski definition) is 3. The van der Waals surface area contributed by atoms with Crippen molar-refractivity contribution < 1.29 is 4.79 Å². The first kappa shape index (κ1) is 13.8. The van der Waals surface area contributed by atoms with Gasteiger partial charge in [-0.2, -0.15) is 0 Å². The number of nitrogens with two attached hydrogens (primary N) is 1. The van der Waals surface area contributed by atoms with Crippen LogP contribution in [0.5, 0.6) is 0 Å². The summed E-state index contributed by atoms with van der Waals surface area (Å²) < 4.78 is 0. The van der Waals surface area contributed by atoms with Crippen LogP contribution in [0.2, 0.25) is 0 Å². The Bertz CT molecular complexity index is 650. The Morgan fingerprint density at radius 1 is 1.38 bits per heavy atom. The minimum absolute atomic E-state index is 0.424. The minimum atomic E-state index is -0.452. The molecule has 1 atom stereocenters. The lowest BCUT2D eigenvalue weighted by atomic mass is 10.0. The van der Waals surface area contributed by atoms with E-state index in [0.717, 1.165) is 30.4 Å². The molecule has 0 spiro atoms. The van der Waals surface area contributed by atoms with E-state index in [0.29, 0.717) is 17.4 Å². The predicted octanol–water partition coefficient (Wildman–Crippen LogP) is 1.89. The van der Waals surface area contributed by atoms with Gasteiger partial charge < -0.3 is 16.4 Å². The summed E-state index contributed by atoms with van der Waals surface area (Å²) in [5, 5.41) is 7.67. The number of nitrogens with one attached hydrogen (secondary N) is 2. The Balaban J connectivity index is 1.84. The number of rotatable bonds is 4. The molecular formula is C16H20N4O. The summed E-state index contributed by atoms with van der Waals surface area (Å²) in [6, 6.07) is 9.96. The zero-order valence-corrected chi connectivity index (χ0v) is 11.9. The highest BCUT2D eigenvalue weighted by molar-refractivity contribution is 6.01. The van der Waals surface area contributed by atoms with Gasteiger partial charge >= 0.3 is 0 Å². The number of para-hydroxylation sites is 1. The highest BCUT2D eigenvalue weighted by atomic mass is 16.1. The van der Waals surface area contributed by atoms with Crippen LogP contribution in [0.15, 0.2) is 30.3 Å². The van der Waals surface area contributed by atoms with Crippen LogP contribution in [0.4, 0.5) is 5.82 Å². The number of nitrogens with zero attached hydrogens (tertiary/aromatic N) is 1. The summed E-state index contributed by atoms with van der Waals surface area (Å²) in [6.07, 6.45) is 3.62. The van der Waals surface area contributed by atoms with Gasteiger partial charge in [0, 0.05) is 18.0 Å². The molecule has 1 fully saturated rings. The quantitative estimate of drug-likeness (QED) is 0.801.